The van der Waals surface area contributed by atoms with Crippen LogP contribution in [0, 0.1) is 0 Å². The summed E-state index contributed by atoms with van der Waals surface area (Å²) < 4.78 is 38.2. The van der Waals surface area contributed by atoms with Crippen LogP contribution < -0.4 is 5.32 Å². The summed E-state index contributed by atoms with van der Waals surface area (Å²) in [5, 5.41) is 11.0. The Hall–Kier alpha value is -2.47. The lowest BCUT2D eigenvalue weighted by atomic mass is 10.2. The molecule has 0 saturated heterocycles. The summed E-state index contributed by atoms with van der Waals surface area (Å²) >= 11 is 5.50. The average molecular weight is 342 g/mol. The second-order valence-electron chi connectivity index (χ2n) is 4.61. The second-order valence-corrected chi connectivity index (χ2v) is 5.01. The van der Waals surface area contributed by atoms with Gasteiger partial charge in [0.1, 0.15) is 5.75 Å². The Bertz CT molecular complexity index is 740. The number of carbonyl (C=O) groups is 1. The third-order valence-electron chi connectivity index (χ3n) is 2.86. The minimum atomic E-state index is -4.60. The lowest BCUT2D eigenvalue weighted by molar-refractivity contribution is -0.137. The van der Waals surface area contributed by atoms with Crippen LogP contribution in [-0.2, 0) is 11.0 Å². The summed E-state index contributed by atoms with van der Waals surface area (Å²) in [5.74, 6) is -0.499. The minimum absolute atomic E-state index is 0.0120. The number of aromatic hydroxyl groups is 1. The van der Waals surface area contributed by atoms with Crippen molar-refractivity contribution in [3.8, 4) is 5.75 Å². The first kappa shape index (κ1) is 16.9. The normalized spacial score (nSPS) is 11.7. The molecule has 0 aliphatic carbocycles. The molecule has 120 valence electrons. The van der Waals surface area contributed by atoms with E-state index in [9.17, 15) is 18.0 Å². The maximum atomic E-state index is 12.7. The Kier molecular flexibility index (Phi) is 4.95. The van der Waals surface area contributed by atoms with E-state index in [1.807, 2.05) is 0 Å². The highest BCUT2D eigenvalue weighted by molar-refractivity contribution is 6.31. The smallest absolute Gasteiger partial charge is 0.417 e. The molecule has 0 aliphatic heterocycles. The van der Waals surface area contributed by atoms with Crippen LogP contribution in [0.5, 0.6) is 5.75 Å². The van der Waals surface area contributed by atoms with Gasteiger partial charge in [-0.25, -0.2) is 0 Å². The van der Waals surface area contributed by atoms with Gasteiger partial charge in [-0.3, -0.25) is 4.79 Å². The molecule has 0 spiro atoms. The number of rotatable bonds is 3. The molecular weight excluding hydrogens is 331 g/mol. The van der Waals surface area contributed by atoms with Crippen LogP contribution in [0.1, 0.15) is 11.1 Å². The fourth-order valence-electron chi connectivity index (χ4n) is 1.76. The van der Waals surface area contributed by atoms with E-state index in [1.54, 1.807) is 12.1 Å². The molecular formula is C16H11ClF3NO2. The number of carbonyl (C=O) groups excluding carboxylic acids is 1. The average Bonchev–Trinajstić information content (AvgIpc) is 2.47. The predicted octanol–water partition coefficient (Wildman–Crippen LogP) is 4.72. The molecule has 3 nitrogen and oxygen atoms in total. The molecule has 0 saturated carbocycles. The Morgan fingerprint density at radius 2 is 1.78 bits per heavy atom. The Labute approximate surface area is 135 Å². The van der Waals surface area contributed by atoms with Gasteiger partial charge in [0.15, 0.2) is 0 Å². The first-order valence-corrected chi connectivity index (χ1v) is 6.78. The number of alkyl halides is 3. The molecule has 0 aromatic heterocycles. The summed E-state index contributed by atoms with van der Waals surface area (Å²) in [5.41, 5.74) is -0.369. The number of halogens is 4. The zero-order valence-electron chi connectivity index (χ0n) is 11.6. The highest BCUT2D eigenvalue weighted by Gasteiger charge is 2.33. The van der Waals surface area contributed by atoms with Crippen LogP contribution in [0.25, 0.3) is 6.08 Å². The van der Waals surface area contributed by atoms with Crippen LogP contribution >= 0.6 is 11.6 Å². The van der Waals surface area contributed by atoms with Crippen LogP contribution in [0.2, 0.25) is 5.02 Å². The molecule has 2 aromatic rings. The Balaban J connectivity index is 2.10. The van der Waals surface area contributed by atoms with Crippen molar-refractivity contribution in [2.45, 2.75) is 6.18 Å². The summed E-state index contributed by atoms with van der Waals surface area (Å²) in [6, 6.07) is 9.20. The van der Waals surface area contributed by atoms with Crippen LogP contribution in [-0.4, -0.2) is 11.0 Å². The van der Waals surface area contributed by atoms with E-state index in [-0.39, 0.29) is 11.4 Å². The maximum Gasteiger partial charge on any atom is 0.417 e. The molecule has 2 aromatic carbocycles. The zero-order valence-corrected chi connectivity index (χ0v) is 12.3. The van der Waals surface area contributed by atoms with Gasteiger partial charge in [-0.15, -0.1) is 0 Å². The lowest BCUT2D eigenvalue weighted by Crippen LogP contribution is -2.11. The molecule has 23 heavy (non-hydrogen) atoms. The third kappa shape index (κ3) is 4.75. The number of phenols is 1. The van der Waals surface area contributed by atoms with Gasteiger partial charge in [0.25, 0.3) is 0 Å². The first-order valence-electron chi connectivity index (χ1n) is 6.40. The predicted molar refractivity (Wildman–Crippen MR) is 82.2 cm³/mol. The van der Waals surface area contributed by atoms with Crippen LogP contribution in [0.3, 0.4) is 0 Å². The molecule has 7 heteroatoms. The van der Waals surface area contributed by atoms with Gasteiger partial charge >= 0.3 is 6.18 Å². The standard InChI is InChI=1S/C16H11ClF3NO2/c17-14-7-4-11(9-13(14)16(18,19)20)21-15(23)8-3-10-1-5-12(22)6-2-10/h1-9,22H,(H,21,23)/b8-3+. The molecule has 0 aliphatic rings. The molecule has 1 amide bonds. The number of hydrogen-bond acceptors (Lipinski definition) is 2. The van der Waals surface area contributed by atoms with E-state index < -0.39 is 22.7 Å². The monoisotopic (exact) mass is 341 g/mol. The number of hydrogen-bond donors (Lipinski definition) is 2. The van der Waals surface area contributed by atoms with Crippen LogP contribution in [0.4, 0.5) is 18.9 Å². The molecule has 0 heterocycles. The first-order chi connectivity index (χ1) is 10.8. The van der Waals surface area contributed by atoms with Crippen molar-refractivity contribution in [3.05, 3.63) is 64.7 Å². The van der Waals surface area contributed by atoms with Crippen molar-refractivity contribution in [1.82, 2.24) is 0 Å². The molecule has 2 rings (SSSR count). The largest absolute Gasteiger partial charge is 0.508 e. The second kappa shape index (κ2) is 6.75. The number of benzene rings is 2. The van der Waals surface area contributed by atoms with Crippen molar-refractivity contribution in [1.29, 1.82) is 0 Å². The van der Waals surface area contributed by atoms with Gasteiger partial charge < -0.3 is 10.4 Å². The quantitative estimate of drug-likeness (QED) is 0.794. The van der Waals surface area contributed by atoms with E-state index in [0.717, 1.165) is 12.1 Å². The van der Waals surface area contributed by atoms with E-state index in [2.05, 4.69) is 5.32 Å². The molecule has 0 fully saturated rings. The lowest BCUT2D eigenvalue weighted by Gasteiger charge is -2.11. The van der Waals surface area contributed by atoms with E-state index >= 15 is 0 Å². The molecule has 0 radical (unpaired) electrons. The molecule has 0 unspecified atom stereocenters. The number of phenolic OH excluding ortho intramolecular Hbond substituents is 1. The summed E-state index contributed by atoms with van der Waals surface area (Å²) in [6.45, 7) is 0. The molecule has 0 atom stereocenters. The van der Waals surface area contributed by atoms with Gasteiger partial charge in [0.05, 0.1) is 10.6 Å². The molecule has 2 N–H and O–H groups in total. The highest BCUT2D eigenvalue weighted by atomic mass is 35.5. The summed E-state index contributed by atoms with van der Waals surface area (Å²) in [6.07, 6.45) is -1.96. The van der Waals surface area contributed by atoms with Crippen molar-refractivity contribution >= 4 is 29.3 Å². The van der Waals surface area contributed by atoms with Crippen molar-refractivity contribution in [2.24, 2.45) is 0 Å². The SMILES string of the molecule is O=C(/C=C/c1ccc(O)cc1)Nc1ccc(Cl)c(C(F)(F)F)c1. The Morgan fingerprint density at radius 1 is 1.13 bits per heavy atom. The van der Waals surface area contributed by atoms with Crippen LogP contribution in [0.15, 0.2) is 48.5 Å². The fourth-order valence-corrected chi connectivity index (χ4v) is 1.99. The van der Waals surface area contributed by atoms with Gasteiger partial charge in [-0.05, 0) is 42.0 Å². The fraction of sp³-hybridized carbons (Fsp3) is 0.0625. The Morgan fingerprint density at radius 3 is 2.39 bits per heavy atom. The van der Waals surface area contributed by atoms with E-state index in [4.69, 9.17) is 16.7 Å². The van der Waals surface area contributed by atoms with E-state index in [0.29, 0.717) is 5.56 Å². The summed E-state index contributed by atoms with van der Waals surface area (Å²) in [4.78, 5) is 11.7. The topological polar surface area (TPSA) is 49.3 Å². The van der Waals surface area contributed by atoms with Gasteiger partial charge in [0.2, 0.25) is 5.91 Å². The maximum absolute atomic E-state index is 12.7. The van der Waals surface area contributed by atoms with Gasteiger partial charge in [-0.1, -0.05) is 23.7 Å². The number of amides is 1. The van der Waals surface area contributed by atoms with Crippen molar-refractivity contribution in [2.75, 3.05) is 5.32 Å². The molecule has 0 bridgehead atoms. The zero-order chi connectivity index (χ0) is 17.0. The highest BCUT2D eigenvalue weighted by Crippen LogP contribution is 2.36. The number of nitrogens with one attached hydrogen (secondary N) is 1. The third-order valence-corrected chi connectivity index (χ3v) is 3.19. The van der Waals surface area contributed by atoms with Crippen molar-refractivity contribution in [3.63, 3.8) is 0 Å². The van der Waals surface area contributed by atoms with Crippen molar-refractivity contribution < 1.29 is 23.1 Å². The van der Waals surface area contributed by atoms with Gasteiger partial charge in [-0.2, -0.15) is 13.2 Å². The number of anilines is 1. The minimum Gasteiger partial charge on any atom is -0.508 e. The van der Waals surface area contributed by atoms with Gasteiger partial charge in [0, 0.05) is 11.8 Å². The van der Waals surface area contributed by atoms with E-state index in [1.165, 1.54) is 30.4 Å². The summed E-state index contributed by atoms with van der Waals surface area (Å²) in [7, 11) is 0.